The Morgan fingerprint density at radius 3 is 2.89 bits per heavy atom. The third kappa shape index (κ3) is 4.17. The molecule has 1 aromatic rings. The van der Waals surface area contributed by atoms with Gasteiger partial charge in [0.05, 0.1) is 19.0 Å². The van der Waals surface area contributed by atoms with E-state index in [1.54, 1.807) is 0 Å². The standard InChI is InChI=1S/C15H21NO2/c1-13-8-9-16(2)10-15(18-13)12-17-11-14-6-4-3-5-7-14/h3-8,15H,9-12H2,1-2H3/t15-/m1/s1. The van der Waals surface area contributed by atoms with Crippen LogP contribution in [0.5, 0.6) is 0 Å². The lowest BCUT2D eigenvalue weighted by molar-refractivity contribution is 0.00167. The van der Waals surface area contributed by atoms with E-state index in [0.717, 1.165) is 18.8 Å². The fourth-order valence-corrected chi connectivity index (χ4v) is 2.02. The summed E-state index contributed by atoms with van der Waals surface area (Å²) in [5, 5.41) is 0. The Morgan fingerprint density at radius 1 is 1.33 bits per heavy atom. The predicted molar refractivity (Wildman–Crippen MR) is 72.2 cm³/mol. The molecule has 18 heavy (non-hydrogen) atoms. The van der Waals surface area contributed by atoms with Crippen LogP contribution in [0.2, 0.25) is 0 Å². The fraction of sp³-hybridized carbons (Fsp3) is 0.467. The number of nitrogens with zero attached hydrogens (tertiary/aromatic N) is 1. The number of ether oxygens (including phenoxy) is 2. The van der Waals surface area contributed by atoms with Crippen LogP contribution >= 0.6 is 0 Å². The quantitative estimate of drug-likeness (QED) is 0.815. The van der Waals surface area contributed by atoms with Crippen molar-refractivity contribution in [2.75, 3.05) is 26.7 Å². The van der Waals surface area contributed by atoms with Crippen molar-refractivity contribution >= 4 is 0 Å². The summed E-state index contributed by atoms with van der Waals surface area (Å²) in [4.78, 5) is 2.24. The monoisotopic (exact) mass is 247 g/mol. The van der Waals surface area contributed by atoms with Gasteiger partial charge in [-0.3, -0.25) is 4.90 Å². The molecule has 0 bridgehead atoms. The van der Waals surface area contributed by atoms with Crippen LogP contribution in [-0.4, -0.2) is 37.7 Å². The molecule has 0 aromatic heterocycles. The largest absolute Gasteiger partial charge is 0.492 e. The number of hydrogen-bond acceptors (Lipinski definition) is 3. The van der Waals surface area contributed by atoms with Gasteiger partial charge in [0, 0.05) is 13.1 Å². The Bertz CT molecular complexity index is 389. The zero-order chi connectivity index (χ0) is 12.8. The van der Waals surface area contributed by atoms with E-state index in [0.29, 0.717) is 13.2 Å². The lowest BCUT2D eigenvalue weighted by atomic mass is 10.2. The van der Waals surface area contributed by atoms with Crippen LogP contribution < -0.4 is 0 Å². The van der Waals surface area contributed by atoms with Crippen LogP contribution in [-0.2, 0) is 16.1 Å². The molecule has 98 valence electrons. The first-order chi connectivity index (χ1) is 8.74. The van der Waals surface area contributed by atoms with Gasteiger partial charge >= 0.3 is 0 Å². The molecule has 0 spiro atoms. The van der Waals surface area contributed by atoms with Crippen molar-refractivity contribution in [3.8, 4) is 0 Å². The molecule has 0 radical (unpaired) electrons. The minimum Gasteiger partial charge on any atom is -0.492 e. The van der Waals surface area contributed by atoms with E-state index in [2.05, 4.69) is 30.2 Å². The minimum atomic E-state index is 0.123. The highest BCUT2D eigenvalue weighted by atomic mass is 16.5. The highest BCUT2D eigenvalue weighted by Gasteiger charge is 2.16. The molecular formula is C15H21NO2. The van der Waals surface area contributed by atoms with Crippen molar-refractivity contribution in [1.82, 2.24) is 4.90 Å². The highest BCUT2D eigenvalue weighted by Crippen LogP contribution is 2.10. The van der Waals surface area contributed by atoms with E-state index in [1.807, 2.05) is 25.1 Å². The summed E-state index contributed by atoms with van der Waals surface area (Å²) in [6.07, 6.45) is 2.23. The summed E-state index contributed by atoms with van der Waals surface area (Å²) in [6.45, 7) is 5.13. The predicted octanol–water partition coefficient (Wildman–Crippen LogP) is 2.44. The van der Waals surface area contributed by atoms with Crippen molar-refractivity contribution in [1.29, 1.82) is 0 Å². The Balaban J connectivity index is 1.77. The third-order valence-corrected chi connectivity index (χ3v) is 2.97. The Kier molecular flexibility index (Phi) is 4.79. The Morgan fingerprint density at radius 2 is 2.11 bits per heavy atom. The molecule has 0 aliphatic carbocycles. The molecule has 0 N–H and O–H groups in total. The van der Waals surface area contributed by atoms with Crippen molar-refractivity contribution < 1.29 is 9.47 Å². The molecular weight excluding hydrogens is 226 g/mol. The second-order valence-corrected chi connectivity index (χ2v) is 4.78. The normalized spacial score (nSPS) is 21.0. The zero-order valence-corrected chi connectivity index (χ0v) is 11.1. The first kappa shape index (κ1) is 13.1. The summed E-state index contributed by atoms with van der Waals surface area (Å²) >= 11 is 0. The first-order valence-electron chi connectivity index (χ1n) is 6.37. The van der Waals surface area contributed by atoms with Gasteiger partial charge < -0.3 is 9.47 Å². The molecule has 1 aliphatic rings. The van der Waals surface area contributed by atoms with E-state index in [-0.39, 0.29) is 6.10 Å². The second-order valence-electron chi connectivity index (χ2n) is 4.78. The third-order valence-electron chi connectivity index (χ3n) is 2.97. The lowest BCUT2D eigenvalue weighted by Gasteiger charge is -2.21. The molecule has 2 rings (SSSR count). The number of rotatable bonds is 4. The number of hydrogen-bond donors (Lipinski definition) is 0. The Labute approximate surface area is 109 Å². The van der Waals surface area contributed by atoms with Crippen LogP contribution in [0.3, 0.4) is 0 Å². The molecule has 0 amide bonds. The molecule has 3 nitrogen and oxygen atoms in total. The SMILES string of the molecule is CC1=CCN(C)C[C@H](COCc2ccccc2)O1. The smallest absolute Gasteiger partial charge is 0.134 e. The van der Waals surface area contributed by atoms with Crippen molar-refractivity contribution in [2.45, 2.75) is 19.6 Å². The maximum Gasteiger partial charge on any atom is 0.134 e. The molecule has 3 heteroatoms. The number of benzene rings is 1. The molecule has 0 unspecified atom stereocenters. The van der Waals surface area contributed by atoms with E-state index in [9.17, 15) is 0 Å². The average Bonchev–Trinajstić information content (AvgIpc) is 2.52. The topological polar surface area (TPSA) is 21.7 Å². The van der Waals surface area contributed by atoms with Gasteiger partial charge in [0.1, 0.15) is 6.10 Å². The molecule has 1 atom stereocenters. The molecule has 1 aromatic carbocycles. The Hall–Kier alpha value is -1.32. The molecule has 1 heterocycles. The van der Waals surface area contributed by atoms with Gasteiger partial charge in [-0.15, -0.1) is 0 Å². The molecule has 0 saturated heterocycles. The second kappa shape index (κ2) is 6.57. The van der Waals surface area contributed by atoms with Gasteiger partial charge in [0.15, 0.2) is 0 Å². The van der Waals surface area contributed by atoms with Gasteiger partial charge in [0.2, 0.25) is 0 Å². The van der Waals surface area contributed by atoms with Gasteiger partial charge in [-0.1, -0.05) is 30.3 Å². The zero-order valence-electron chi connectivity index (χ0n) is 11.1. The summed E-state index contributed by atoms with van der Waals surface area (Å²) in [7, 11) is 2.10. The van der Waals surface area contributed by atoms with Gasteiger partial charge in [-0.05, 0) is 25.6 Å². The van der Waals surface area contributed by atoms with Crippen LogP contribution in [0.1, 0.15) is 12.5 Å². The highest BCUT2D eigenvalue weighted by molar-refractivity contribution is 5.13. The fourth-order valence-electron chi connectivity index (χ4n) is 2.02. The molecule has 0 saturated carbocycles. The van der Waals surface area contributed by atoms with Crippen LogP contribution in [0.25, 0.3) is 0 Å². The van der Waals surface area contributed by atoms with Crippen molar-refractivity contribution in [2.24, 2.45) is 0 Å². The maximum absolute atomic E-state index is 5.81. The first-order valence-corrected chi connectivity index (χ1v) is 6.37. The summed E-state index contributed by atoms with van der Waals surface area (Å²) < 4.78 is 11.5. The van der Waals surface area contributed by atoms with E-state index in [4.69, 9.17) is 9.47 Å². The van der Waals surface area contributed by atoms with Gasteiger partial charge in [-0.2, -0.15) is 0 Å². The summed E-state index contributed by atoms with van der Waals surface area (Å²) in [5.41, 5.74) is 1.20. The molecule has 0 fully saturated rings. The summed E-state index contributed by atoms with van der Waals surface area (Å²) in [5.74, 6) is 0.993. The van der Waals surface area contributed by atoms with E-state index < -0.39 is 0 Å². The number of likely N-dealkylation sites (N-methyl/N-ethyl adjacent to an activating group) is 1. The average molecular weight is 247 g/mol. The van der Waals surface area contributed by atoms with Gasteiger partial charge in [0.25, 0.3) is 0 Å². The van der Waals surface area contributed by atoms with Crippen molar-refractivity contribution in [3.05, 3.63) is 47.7 Å². The van der Waals surface area contributed by atoms with Crippen molar-refractivity contribution in [3.63, 3.8) is 0 Å². The number of allylic oxidation sites excluding steroid dienone is 1. The van der Waals surface area contributed by atoms with Crippen LogP contribution in [0.4, 0.5) is 0 Å². The lowest BCUT2D eigenvalue weighted by Crippen LogP contribution is -2.32. The van der Waals surface area contributed by atoms with Gasteiger partial charge in [-0.25, -0.2) is 0 Å². The minimum absolute atomic E-state index is 0.123. The van der Waals surface area contributed by atoms with E-state index >= 15 is 0 Å². The summed E-state index contributed by atoms with van der Waals surface area (Å²) in [6, 6.07) is 10.2. The van der Waals surface area contributed by atoms with E-state index in [1.165, 1.54) is 5.56 Å². The maximum atomic E-state index is 5.81. The molecule has 1 aliphatic heterocycles. The van der Waals surface area contributed by atoms with Crippen LogP contribution in [0, 0.1) is 0 Å². The van der Waals surface area contributed by atoms with Crippen LogP contribution in [0.15, 0.2) is 42.2 Å².